The van der Waals surface area contributed by atoms with Gasteiger partial charge in [0.05, 0.1) is 0 Å². The maximum Gasteiger partial charge on any atom is 0.358 e. The minimum Gasteiger partial charge on any atom is -0.451 e. The summed E-state index contributed by atoms with van der Waals surface area (Å²) in [5.41, 5.74) is 3.71. The summed E-state index contributed by atoms with van der Waals surface area (Å²) < 4.78 is 5.04. The molecule has 1 N–H and O–H groups in total. The van der Waals surface area contributed by atoms with Crippen molar-refractivity contribution in [2.45, 2.75) is 13.8 Å². The lowest BCUT2D eigenvalue weighted by Crippen LogP contribution is -2.21. The number of nitrogens with zero attached hydrogens (tertiary/aromatic N) is 1. The van der Waals surface area contributed by atoms with Crippen LogP contribution in [0.3, 0.4) is 0 Å². The van der Waals surface area contributed by atoms with E-state index in [0.29, 0.717) is 10.7 Å². The van der Waals surface area contributed by atoms with Crippen molar-refractivity contribution in [1.29, 1.82) is 0 Å². The van der Waals surface area contributed by atoms with E-state index < -0.39 is 18.5 Å². The van der Waals surface area contributed by atoms with Gasteiger partial charge in [-0.05, 0) is 31.5 Å². The van der Waals surface area contributed by atoms with Gasteiger partial charge in [-0.25, -0.2) is 9.78 Å². The Bertz CT molecular complexity index is 983. The third kappa shape index (κ3) is 4.93. The molecular formula is C20H17ClN2O3S. The Hall–Kier alpha value is -2.70. The fraction of sp³-hybridized carbons (Fsp3) is 0.150. The van der Waals surface area contributed by atoms with E-state index in [0.717, 1.165) is 21.7 Å². The standard InChI is InChI=1S/C20H17ClN2O3S/c1-12-3-6-14(7-4-12)19-23-17(11-27-19)20(25)26-10-18(24)22-15-8-5-13(2)16(21)9-15/h3-9,11H,10H2,1-2H3,(H,22,24). The summed E-state index contributed by atoms with van der Waals surface area (Å²) in [5, 5.41) is 5.53. The predicted octanol–water partition coefficient (Wildman–Crippen LogP) is 4.88. The highest BCUT2D eigenvalue weighted by Gasteiger charge is 2.15. The summed E-state index contributed by atoms with van der Waals surface area (Å²) in [6.45, 7) is 3.47. The molecule has 0 saturated carbocycles. The van der Waals surface area contributed by atoms with E-state index in [1.165, 1.54) is 11.3 Å². The van der Waals surface area contributed by atoms with Crippen LogP contribution in [0.25, 0.3) is 10.6 Å². The van der Waals surface area contributed by atoms with Gasteiger partial charge in [0.15, 0.2) is 12.3 Å². The van der Waals surface area contributed by atoms with Crippen LogP contribution in [0.4, 0.5) is 5.69 Å². The van der Waals surface area contributed by atoms with Gasteiger partial charge in [0.1, 0.15) is 5.01 Å². The number of anilines is 1. The van der Waals surface area contributed by atoms with Crippen molar-refractivity contribution in [2.24, 2.45) is 0 Å². The Kier molecular flexibility index (Phi) is 5.88. The second kappa shape index (κ2) is 8.33. The highest BCUT2D eigenvalue weighted by atomic mass is 35.5. The van der Waals surface area contributed by atoms with E-state index in [2.05, 4.69) is 10.3 Å². The van der Waals surface area contributed by atoms with Crippen molar-refractivity contribution >= 4 is 40.5 Å². The summed E-state index contributed by atoms with van der Waals surface area (Å²) in [5.74, 6) is -1.08. The van der Waals surface area contributed by atoms with E-state index in [9.17, 15) is 9.59 Å². The smallest absolute Gasteiger partial charge is 0.358 e. The van der Waals surface area contributed by atoms with Crippen LogP contribution in [0.5, 0.6) is 0 Å². The number of rotatable bonds is 5. The Morgan fingerprint density at radius 3 is 2.59 bits per heavy atom. The average Bonchev–Trinajstić information content (AvgIpc) is 3.13. The fourth-order valence-corrected chi connectivity index (χ4v) is 3.24. The highest BCUT2D eigenvalue weighted by molar-refractivity contribution is 7.13. The second-order valence-corrected chi connectivity index (χ2v) is 7.26. The quantitative estimate of drug-likeness (QED) is 0.620. The first-order chi connectivity index (χ1) is 12.9. The zero-order chi connectivity index (χ0) is 19.4. The molecule has 0 spiro atoms. The van der Waals surface area contributed by atoms with Crippen LogP contribution < -0.4 is 5.32 Å². The largest absolute Gasteiger partial charge is 0.451 e. The summed E-state index contributed by atoms with van der Waals surface area (Å²) in [6.07, 6.45) is 0. The minimum atomic E-state index is -0.637. The number of ether oxygens (including phenoxy) is 1. The van der Waals surface area contributed by atoms with Crippen LogP contribution in [0.2, 0.25) is 5.02 Å². The molecule has 2 aromatic carbocycles. The number of hydrogen-bond acceptors (Lipinski definition) is 5. The first-order valence-electron chi connectivity index (χ1n) is 8.18. The number of carbonyl (C=O) groups excluding carboxylic acids is 2. The first-order valence-corrected chi connectivity index (χ1v) is 9.44. The number of halogens is 1. The van der Waals surface area contributed by atoms with Gasteiger partial charge in [-0.1, -0.05) is 47.5 Å². The molecule has 7 heteroatoms. The monoisotopic (exact) mass is 400 g/mol. The Morgan fingerprint density at radius 1 is 1.15 bits per heavy atom. The lowest BCUT2D eigenvalue weighted by Gasteiger charge is -2.07. The van der Waals surface area contributed by atoms with Crippen LogP contribution in [0.1, 0.15) is 21.6 Å². The van der Waals surface area contributed by atoms with E-state index >= 15 is 0 Å². The molecule has 0 atom stereocenters. The third-order valence-corrected chi connectivity index (χ3v) is 5.10. The van der Waals surface area contributed by atoms with Gasteiger partial charge in [0.2, 0.25) is 0 Å². The van der Waals surface area contributed by atoms with Gasteiger partial charge in [-0.15, -0.1) is 11.3 Å². The Balaban J connectivity index is 1.56. The summed E-state index contributed by atoms with van der Waals surface area (Å²) >= 11 is 7.37. The zero-order valence-electron chi connectivity index (χ0n) is 14.8. The van der Waals surface area contributed by atoms with Crippen LogP contribution >= 0.6 is 22.9 Å². The predicted molar refractivity (Wildman–Crippen MR) is 107 cm³/mol. The van der Waals surface area contributed by atoms with Crippen LogP contribution in [0, 0.1) is 13.8 Å². The van der Waals surface area contributed by atoms with Crippen LogP contribution in [0.15, 0.2) is 47.8 Å². The van der Waals surface area contributed by atoms with E-state index in [1.807, 2.05) is 38.1 Å². The van der Waals surface area contributed by atoms with Crippen LogP contribution in [-0.2, 0) is 9.53 Å². The normalized spacial score (nSPS) is 10.5. The number of aryl methyl sites for hydroxylation is 2. The molecule has 0 saturated heterocycles. The molecular weight excluding hydrogens is 384 g/mol. The molecule has 0 aliphatic rings. The topological polar surface area (TPSA) is 68.3 Å². The van der Waals surface area contributed by atoms with Crippen molar-refractivity contribution in [3.63, 3.8) is 0 Å². The molecule has 138 valence electrons. The number of amides is 1. The second-order valence-electron chi connectivity index (χ2n) is 5.99. The SMILES string of the molecule is Cc1ccc(-c2nc(C(=O)OCC(=O)Nc3ccc(C)c(Cl)c3)cs2)cc1. The van der Waals surface area contributed by atoms with Crippen molar-refractivity contribution < 1.29 is 14.3 Å². The van der Waals surface area contributed by atoms with E-state index in [4.69, 9.17) is 16.3 Å². The number of aromatic nitrogens is 1. The summed E-state index contributed by atoms with van der Waals surface area (Å²) in [7, 11) is 0. The Labute approximate surface area is 166 Å². The minimum absolute atomic E-state index is 0.182. The Morgan fingerprint density at radius 2 is 1.89 bits per heavy atom. The van der Waals surface area contributed by atoms with Crippen molar-refractivity contribution in [2.75, 3.05) is 11.9 Å². The summed E-state index contributed by atoms with van der Waals surface area (Å²) in [4.78, 5) is 28.4. The number of nitrogens with one attached hydrogen (secondary N) is 1. The molecule has 1 heterocycles. The highest BCUT2D eigenvalue weighted by Crippen LogP contribution is 2.24. The molecule has 3 aromatic rings. The molecule has 3 rings (SSSR count). The number of benzene rings is 2. The molecule has 0 fully saturated rings. The number of esters is 1. The molecule has 0 aliphatic carbocycles. The first kappa shape index (κ1) is 19.1. The molecule has 0 unspecified atom stereocenters. The van der Waals surface area contributed by atoms with Gasteiger partial charge < -0.3 is 10.1 Å². The van der Waals surface area contributed by atoms with Crippen LogP contribution in [-0.4, -0.2) is 23.5 Å². The summed E-state index contributed by atoms with van der Waals surface area (Å²) in [6, 6.07) is 13.0. The van der Waals surface area contributed by atoms with Gasteiger partial charge in [0.25, 0.3) is 5.91 Å². The number of thiazole rings is 1. The fourth-order valence-electron chi connectivity index (χ4n) is 2.27. The molecule has 0 aliphatic heterocycles. The van der Waals surface area contributed by atoms with Gasteiger partial charge in [-0.3, -0.25) is 4.79 Å². The van der Waals surface area contributed by atoms with Gasteiger partial charge in [-0.2, -0.15) is 0 Å². The van der Waals surface area contributed by atoms with Gasteiger partial charge in [0, 0.05) is 21.7 Å². The van der Waals surface area contributed by atoms with Crippen molar-refractivity contribution in [1.82, 2.24) is 4.98 Å². The van der Waals surface area contributed by atoms with E-state index in [1.54, 1.807) is 23.6 Å². The molecule has 0 radical (unpaired) electrons. The lowest BCUT2D eigenvalue weighted by molar-refractivity contribution is -0.119. The maximum absolute atomic E-state index is 12.1. The molecule has 1 aromatic heterocycles. The van der Waals surface area contributed by atoms with Gasteiger partial charge >= 0.3 is 5.97 Å². The third-order valence-electron chi connectivity index (χ3n) is 3.80. The van der Waals surface area contributed by atoms with E-state index in [-0.39, 0.29) is 5.69 Å². The molecule has 1 amide bonds. The number of hydrogen-bond donors (Lipinski definition) is 1. The molecule has 5 nitrogen and oxygen atoms in total. The zero-order valence-corrected chi connectivity index (χ0v) is 16.4. The maximum atomic E-state index is 12.1. The lowest BCUT2D eigenvalue weighted by atomic mass is 10.2. The molecule has 27 heavy (non-hydrogen) atoms. The van der Waals surface area contributed by atoms with Crippen molar-refractivity contribution in [3.8, 4) is 10.6 Å². The number of carbonyl (C=O) groups is 2. The molecule has 0 bridgehead atoms. The average molecular weight is 401 g/mol. The van der Waals surface area contributed by atoms with Crippen molar-refractivity contribution in [3.05, 3.63) is 69.7 Å².